The Kier molecular flexibility index (Phi) is 7.69. The zero-order valence-corrected chi connectivity index (χ0v) is 11.9. The molecule has 0 aliphatic rings. The summed E-state index contributed by atoms with van der Waals surface area (Å²) >= 11 is 0. The van der Waals surface area contributed by atoms with Crippen molar-refractivity contribution in [3.8, 4) is 0 Å². The Morgan fingerprint density at radius 3 is 3.00 bits per heavy atom. The molecule has 1 N–H and O–H groups in total. The first-order valence-electron chi connectivity index (χ1n) is 6.89. The normalized spacial score (nSPS) is 12.8. The number of ether oxygens (including phenoxy) is 1. The molecule has 0 radical (unpaired) electrons. The van der Waals surface area contributed by atoms with Crippen molar-refractivity contribution < 1.29 is 9.15 Å². The third-order valence-corrected chi connectivity index (χ3v) is 3.08. The molecule has 0 saturated heterocycles. The molecule has 0 aromatic carbocycles. The van der Waals surface area contributed by atoms with E-state index in [0.29, 0.717) is 5.92 Å². The highest BCUT2D eigenvalue weighted by atomic mass is 16.5. The molecule has 0 saturated carbocycles. The van der Waals surface area contributed by atoms with Gasteiger partial charge in [-0.3, -0.25) is 0 Å². The summed E-state index contributed by atoms with van der Waals surface area (Å²) in [5.41, 5.74) is 0. The second-order valence-corrected chi connectivity index (χ2v) is 4.78. The van der Waals surface area contributed by atoms with Crippen LogP contribution in [0.3, 0.4) is 0 Å². The minimum Gasteiger partial charge on any atom is -0.446 e. The number of hydrogen-bond acceptors (Lipinski definition) is 4. The highest BCUT2D eigenvalue weighted by Gasteiger charge is 2.07. The summed E-state index contributed by atoms with van der Waals surface area (Å²) in [4.78, 5) is 4.32. The molecule has 18 heavy (non-hydrogen) atoms. The maximum Gasteiger partial charge on any atom is 0.194 e. The zero-order valence-electron chi connectivity index (χ0n) is 11.9. The van der Waals surface area contributed by atoms with Crippen LogP contribution in [0.4, 0.5) is 0 Å². The van der Waals surface area contributed by atoms with Crippen molar-refractivity contribution in [1.82, 2.24) is 10.3 Å². The van der Waals surface area contributed by atoms with E-state index in [4.69, 9.17) is 9.15 Å². The molecule has 1 unspecified atom stereocenters. The van der Waals surface area contributed by atoms with E-state index in [2.05, 4.69) is 24.1 Å². The van der Waals surface area contributed by atoms with Crippen LogP contribution in [-0.2, 0) is 17.6 Å². The number of aryl methyl sites for hydroxylation is 1. The fourth-order valence-corrected chi connectivity index (χ4v) is 1.71. The second-order valence-electron chi connectivity index (χ2n) is 4.78. The first-order valence-corrected chi connectivity index (χ1v) is 6.89. The third kappa shape index (κ3) is 6.17. The quantitative estimate of drug-likeness (QED) is 0.651. The molecule has 4 nitrogen and oxygen atoms in total. The van der Waals surface area contributed by atoms with E-state index in [1.54, 1.807) is 7.11 Å². The minimum absolute atomic E-state index is 0.668. The Balaban J connectivity index is 2.15. The number of methoxy groups -OCH3 is 1. The topological polar surface area (TPSA) is 47.3 Å². The maximum atomic E-state index is 5.72. The summed E-state index contributed by atoms with van der Waals surface area (Å²) in [7, 11) is 1.72. The first kappa shape index (κ1) is 15.2. The van der Waals surface area contributed by atoms with Crippen molar-refractivity contribution in [2.24, 2.45) is 5.92 Å². The average molecular weight is 254 g/mol. The first-order chi connectivity index (χ1) is 8.76. The van der Waals surface area contributed by atoms with Crippen LogP contribution in [0.15, 0.2) is 10.6 Å². The smallest absolute Gasteiger partial charge is 0.194 e. The van der Waals surface area contributed by atoms with E-state index >= 15 is 0 Å². The van der Waals surface area contributed by atoms with E-state index in [-0.39, 0.29) is 0 Å². The molecule has 0 aliphatic carbocycles. The molecule has 0 aliphatic heterocycles. The van der Waals surface area contributed by atoms with Crippen molar-refractivity contribution in [3.05, 3.63) is 17.8 Å². The SMILES string of the molecule is CCC(C)Cc1cnc(CCCNCCOC)o1. The van der Waals surface area contributed by atoms with Crippen molar-refractivity contribution in [2.45, 2.75) is 39.5 Å². The predicted octanol–water partition coefficient (Wildman–Crippen LogP) is 2.43. The Bertz CT molecular complexity index is 312. The van der Waals surface area contributed by atoms with Crippen molar-refractivity contribution >= 4 is 0 Å². The Labute approximate surface area is 110 Å². The maximum absolute atomic E-state index is 5.72. The molecule has 1 rings (SSSR count). The fourth-order valence-electron chi connectivity index (χ4n) is 1.71. The number of nitrogens with one attached hydrogen (secondary N) is 1. The highest BCUT2D eigenvalue weighted by Crippen LogP contribution is 2.13. The molecule has 1 aromatic rings. The molecular weight excluding hydrogens is 228 g/mol. The van der Waals surface area contributed by atoms with Gasteiger partial charge in [-0.05, 0) is 18.9 Å². The van der Waals surface area contributed by atoms with Gasteiger partial charge in [-0.25, -0.2) is 4.98 Å². The number of aromatic nitrogens is 1. The van der Waals surface area contributed by atoms with Gasteiger partial charge in [0.2, 0.25) is 0 Å². The summed E-state index contributed by atoms with van der Waals surface area (Å²) in [5, 5.41) is 3.31. The highest BCUT2D eigenvalue weighted by molar-refractivity contribution is 4.95. The lowest BCUT2D eigenvalue weighted by atomic mass is 10.0. The summed E-state index contributed by atoms with van der Waals surface area (Å²) in [6.45, 7) is 7.08. The largest absolute Gasteiger partial charge is 0.446 e. The molecule has 0 spiro atoms. The van der Waals surface area contributed by atoms with Gasteiger partial charge < -0.3 is 14.5 Å². The summed E-state index contributed by atoms with van der Waals surface area (Å²) in [6, 6.07) is 0. The van der Waals surface area contributed by atoms with E-state index in [0.717, 1.165) is 50.6 Å². The molecular formula is C14H26N2O2. The van der Waals surface area contributed by atoms with Crippen LogP contribution in [0.25, 0.3) is 0 Å². The van der Waals surface area contributed by atoms with Crippen LogP contribution in [0.1, 0.15) is 38.3 Å². The van der Waals surface area contributed by atoms with Gasteiger partial charge in [0.25, 0.3) is 0 Å². The molecule has 0 bridgehead atoms. The standard InChI is InChI=1S/C14H26N2O2/c1-4-12(2)10-13-11-16-14(18-13)6-5-7-15-8-9-17-3/h11-12,15H,4-10H2,1-3H3. The minimum atomic E-state index is 0.668. The summed E-state index contributed by atoms with van der Waals surface area (Å²) in [6.07, 6.45) is 6.00. The van der Waals surface area contributed by atoms with Gasteiger partial charge in [0, 0.05) is 26.5 Å². The van der Waals surface area contributed by atoms with Gasteiger partial charge >= 0.3 is 0 Å². The Morgan fingerprint density at radius 2 is 2.28 bits per heavy atom. The van der Waals surface area contributed by atoms with E-state index in [1.807, 2.05) is 6.20 Å². The van der Waals surface area contributed by atoms with Gasteiger partial charge in [-0.1, -0.05) is 20.3 Å². The fraction of sp³-hybridized carbons (Fsp3) is 0.786. The van der Waals surface area contributed by atoms with Crippen LogP contribution in [0, 0.1) is 5.92 Å². The number of hydrogen-bond donors (Lipinski definition) is 1. The van der Waals surface area contributed by atoms with E-state index in [9.17, 15) is 0 Å². The number of nitrogens with zero attached hydrogens (tertiary/aromatic N) is 1. The summed E-state index contributed by atoms with van der Waals surface area (Å²) in [5.74, 6) is 2.55. The van der Waals surface area contributed by atoms with Crippen LogP contribution in [0.5, 0.6) is 0 Å². The van der Waals surface area contributed by atoms with Gasteiger partial charge in [-0.15, -0.1) is 0 Å². The van der Waals surface area contributed by atoms with Crippen molar-refractivity contribution in [2.75, 3.05) is 26.8 Å². The lowest BCUT2D eigenvalue weighted by Gasteiger charge is -2.04. The van der Waals surface area contributed by atoms with Crippen LogP contribution in [-0.4, -0.2) is 31.8 Å². The summed E-state index contributed by atoms with van der Waals surface area (Å²) < 4.78 is 10.7. The monoisotopic (exact) mass is 254 g/mol. The average Bonchev–Trinajstić information content (AvgIpc) is 2.81. The molecule has 0 amide bonds. The zero-order chi connectivity index (χ0) is 13.2. The van der Waals surface area contributed by atoms with Crippen molar-refractivity contribution in [1.29, 1.82) is 0 Å². The number of rotatable bonds is 10. The van der Waals surface area contributed by atoms with Gasteiger partial charge in [0.1, 0.15) is 5.76 Å². The molecule has 104 valence electrons. The van der Waals surface area contributed by atoms with Gasteiger partial charge in [0.15, 0.2) is 5.89 Å². The van der Waals surface area contributed by atoms with Gasteiger partial charge in [-0.2, -0.15) is 0 Å². The van der Waals surface area contributed by atoms with Crippen molar-refractivity contribution in [3.63, 3.8) is 0 Å². The predicted molar refractivity (Wildman–Crippen MR) is 72.7 cm³/mol. The van der Waals surface area contributed by atoms with Crippen LogP contribution in [0.2, 0.25) is 0 Å². The molecule has 4 heteroatoms. The van der Waals surface area contributed by atoms with Crippen LogP contribution < -0.4 is 5.32 Å². The van der Waals surface area contributed by atoms with E-state index < -0.39 is 0 Å². The third-order valence-electron chi connectivity index (χ3n) is 3.08. The Morgan fingerprint density at radius 1 is 1.44 bits per heavy atom. The molecule has 1 atom stereocenters. The molecule has 0 fully saturated rings. The van der Waals surface area contributed by atoms with E-state index in [1.165, 1.54) is 6.42 Å². The second kappa shape index (κ2) is 9.11. The van der Waals surface area contributed by atoms with Crippen LogP contribution >= 0.6 is 0 Å². The molecule has 1 aromatic heterocycles. The number of oxazole rings is 1. The molecule has 1 heterocycles. The van der Waals surface area contributed by atoms with Gasteiger partial charge in [0.05, 0.1) is 12.8 Å². The lowest BCUT2D eigenvalue weighted by molar-refractivity contribution is 0.199. The Hall–Kier alpha value is -0.870. The lowest BCUT2D eigenvalue weighted by Crippen LogP contribution is -2.20.